The van der Waals surface area contributed by atoms with Gasteiger partial charge in [-0.3, -0.25) is 19.4 Å². The van der Waals surface area contributed by atoms with Gasteiger partial charge in [-0.25, -0.2) is 4.98 Å². The van der Waals surface area contributed by atoms with E-state index in [1.54, 1.807) is 0 Å². The molecule has 44 heavy (non-hydrogen) atoms. The van der Waals surface area contributed by atoms with Crippen molar-refractivity contribution in [2.45, 2.75) is 64.7 Å². The fourth-order valence-electron chi connectivity index (χ4n) is 5.01. The lowest BCUT2D eigenvalue weighted by molar-refractivity contribution is -0.125. The molecule has 0 aliphatic carbocycles. The second kappa shape index (κ2) is 16.1. The Bertz CT molecular complexity index is 1400. The van der Waals surface area contributed by atoms with Crippen LogP contribution in [0.5, 0.6) is 11.5 Å². The van der Waals surface area contributed by atoms with Crippen molar-refractivity contribution >= 4 is 24.6 Å². The van der Waals surface area contributed by atoms with E-state index >= 15 is 0 Å². The Labute approximate surface area is 258 Å². The van der Waals surface area contributed by atoms with E-state index < -0.39 is 30.7 Å². The zero-order chi connectivity index (χ0) is 31.5. The third-order valence-corrected chi connectivity index (χ3v) is 7.47. The van der Waals surface area contributed by atoms with Gasteiger partial charge in [0.15, 0.2) is 11.6 Å². The number of aromatic nitrogens is 2. The molecule has 232 valence electrons. The predicted molar refractivity (Wildman–Crippen MR) is 166 cm³/mol. The lowest BCUT2D eigenvalue weighted by atomic mass is 9.74. The highest BCUT2D eigenvalue weighted by atomic mass is 16.5. The molecule has 3 aromatic rings. The molecule has 11 heteroatoms. The van der Waals surface area contributed by atoms with Crippen molar-refractivity contribution < 1.29 is 33.9 Å². The molecule has 0 saturated carbocycles. The summed E-state index contributed by atoms with van der Waals surface area (Å²) in [4.78, 5) is 48.2. The fraction of sp³-hybridized carbons (Fsp3) is 0.424. The van der Waals surface area contributed by atoms with Crippen LogP contribution in [0.1, 0.15) is 78.1 Å². The number of carbonyl (C=O) groups excluding carboxylic acids is 3. The molecule has 7 rings (SSSR count). The molecule has 2 atom stereocenters. The molecule has 1 aromatic heterocycles. The van der Waals surface area contributed by atoms with Gasteiger partial charge in [0.2, 0.25) is 5.91 Å². The summed E-state index contributed by atoms with van der Waals surface area (Å²) in [5.41, 5.74) is 1.85. The quantitative estimate of drug-likeness (QED) is 0.371. The predicted octanol–water partition coefficient (Wildman–Crippen LogP) is 3.82. The van der Waals surface area contributed by atoms with Gasteiger partial charge in [-0.2, -0.15) is 0 Å². The van der Waals surface area contributed by atoms with Gasteiger partial charge in [0.25, 0.3) is 0 Å². The summed E-state index contributed by atoms with van der Waals surface area (Å²) < 4.78 is 11.7. The summed E-state index contributed by atoms with van der Waals surface area (Å²) in [5.74, 6) is -1.34. The molecule has 0 unspecified atom stereocenters. The Balaban J connectivity index is 1.58. The second-order valence-corrected chi connectivity index (χ2v) is 11.6. The van der Waals surface area contributed by atoms with Crippen LogP contribution in [-0.4, -0.2) is 63.8 Å². The molecule has 0 radical (unpaired) electrons. The number of hydrogen-bond acceptors (Lipinski definition) is 9. The molecule has 1 amide bonds. The van der Waals surface area contributed by atoms with E-state index in [4.69, 9.17) is 9.47 Å². The summed E-state index contributed by atoms with van der Waals surface area (Å²) in [6, 6.07) is 14.9. The molecule has 5 heterocycles. The maximum atomic E-state index is 13.5. The van der Waals surface area contributed by atoms with Crippen LogP contribution < -0.4 is 14.8 Å². The number of rotatable bonds is 5. The number of aryl methyl sites for hydroxylation is 1. The van der Waals surface area contributed by atoms with Crippen LogP contribution in [0.15, 0.2) is 60.9 Å². The zero-order valence-corrected chi connectivity index (χ0v) is 25.3. The normalized spacial score (nSPS) is 17.3. The second-order valence-electron chi connectivity index (χ2n) is 11.6. The Morgan fingerprint density at radius 1 is 0.864 bits per heavy atom. The van der Waals surface area contributed by atoms with Crippen LogP contribution in [0, 0.1) is 11.8 Å². The number of ketones is 2. The molecule has 6 bridgehead atoms. The minimum absolute atomic E-state index is 0.00530. The lowest BCUT2D eigenvalue weighted by Crippen LogP contribution is -2.49. The lowest BCUT2D eigenvalue weighted by Gasteiger charge is -2.23. The highest BCUT2D eigenvalue weighted by Gasteiger charge is 2.31. The van der Waals surface area contributed by atoms with E-state index in [-0.39, 0.29) is 42.4 Å². The minimum atomic E-state index is -1.75. The summed E-state index contributed by atoms with van der Waals surface area (Å²) >= 11 is 0. The smallest absolute Gasteiger partial charge is 0.475 e. The molecule has 10 nitrogen and oxygen atoms in total. The van der Waals surface area contributed by atoms with Gasteiger partial charge < -0.3 is 24.8 Å². The van der Waals surface area contributed by atoms with E-state index in [2.05, 4.69) is 15.3 Å². The molecular formula is C33H40BN3O7. The molecular weight excluding hydrogens is 561 g/mol. The first-order valence-electron chi connectivity index (χ1n) is 15.2. The highest BCUT2D eigenvalue weighted by Crippen LogP contribution is 2.21. The molecule has 4 aliphatic rings. The van der Waals surface area contributed by atoms with Crippen LogP contribution in [0.4, 0.5) is 0 Å². The van der Waals surface area contributed by atoms with Crippen molar-refractivity contribution in [3.8, 4) is 11.5 Å². The van der Waals surface area contributed by atoms with Crippen LogP contribution in [0.2, 0.25) is 0 Å². The zero-order valence-electron chi connectivity index (χ0n) is 25.3. The fourth-order valence-corrected chi connectivity index (χ4v) is 5.01. The first-order valence-corrected chi connectivity index (χ1v) is 15.2. The van der Waals surface area contributed by atoms with E-state index in [9.17, 15) is 24.4 Å². The highest BCUT2D eigenvalue weighted by molar-refractivity contribution is 6.43. The number of nitrogens with one attached hydrogen (secondary N) is 1. The number of Topliss-reactive ketones (excluding diaryl/α,β-unsaturated/α-hetero) is 2. The van der Waals surface area contributed by atoms with Crippen LogP contribution in [0.3, 0.4) is 0 Å². The van der Waals surface area contributed by atoms with Crippen molar-refractivity contribution in [3.05, 3.63) is 83.4 Å². The Kier molecular flexibility index (Phi) is 12.0. The van der Waals surface area contributed by atoms with Crippen LogP contribution in [0.25, 0.3) is 0 Å². The SMILES string of the molecule is CC(C)C[C@H](NC(=O)[C@H]1CC(=O)c2cncc(n2)C(=O)CCc2ccc(cc2)OCCCCOc2ccc(cc2)C1)B(O)O. The first-order chi connectivity index (χ1) is 21.2. The van der Waals surface area contributed by atoms with Gasteiger partial charge in [-0.05, 0) is 73.4 Å². The van der Waals surface area contributed by atoms with Crippen molar-refractivity contribution in [1.82, 2.24) is 15.3 Å². The van der Waals surface area contributed by atoms with Gasteiger partial charge >= 0.3 is 7.12 Å². The standard InChI is InChI=1S/C33H40BN3O7/c1-22(2)17-32(34(41)42)37-33(40)25-18-24-7-12-27(13-8-24)44-16-4-3-15-43-26-10-5-23(6-11-26)9-14-30(38)28-20-35-21-29(36-28)31(39)19-25/h5-8,10-13,20-22,25,32,41-42H,3-4,9,14-19H2,1-2H3,(H,37,40)/t25-,32+/m1/s1. The maximum Gasteiger partial charge on any atom is 0.475 e. The maximum absolute atomic E-state index is 13.5. The van der Waals surface area contributed by atoms with E-state index in [0.717, 1.165) is 29.7 Å². The molecule has 2 aromatic carbocycles. The Hall–Kier alpha value is -4.09. The summed E-state index contributed by atoms with van der Waals surface area (Å²) in [7, 11) is -1.75. The number of amides is 1. The summed E-state index contributed by atoms with van der Waals surface area (Å²) in [5, 5.41) is 22.5. The Morgan fingerprint density at radius 2 is 1.43 bits per heavy atom. The van der Waals surface area contributed by atoms with Crippen molar-refractivity contribution in [1.29, 1.82) is 0 Å². The van der Waals surface area contributed by atoms with Gasteiger partial charge in [0.05, 0.1) is 31.5 Å². The van der Waals surface area contributed by atoms with Crippen LogP contribution in [-0.2, 0) is 17.6 Å². The van der Waals surface area contributed by atoms with Crippen molar-refractivity contribution in [2.75, 3.05) is 13.2 Å². The van der Waals surface area contributed by atoms with Gasteiger partial charge in [0.1, 0.15) is 22.9 Å². The number of nitrogens with zero attached hydrogens (tertiary/aromatic N) is 2. The first kappa shape index (κ1) is 32.8. The van der Waals surface area contributed by atoms with E-state index in [1.807, 2.05) is 62.4 Å². The Morgan fingerprint density at radius 3 is 2.00 bits per heavy atom. The van der Waals surface area contributed by atoms with E-state index in [1.165, 1.54) is 12.4 Å². The van der Waals surface area contributed by atoms with E-state index in [0.29, 0.717) is 31.8 Å². The minimum Gasteiger partial charge on any atom is -0.494 e. The van der Waals surface area contributed by atoms with Gasteiger partial charge in [-0.1, -0.05) is 38.1 Å². The van der Waals surface area contributed by atoms with Crippen LogP contribution >= 0.6 is 0 Å². The summed E-state index contributed by atoms with van der Waals surface area (Å²) in [6.07, 6.45) is 5.30. The average molecular weight is 602 g/mol. The number of ether oxygens (including phenoxy) is 2. The number of benzene rings is 2. The monoisotopic (exact) mass is 601 g/mol. The van der Waals surface area contributed by atoms with Gasteiger partial charge in [0, 0.05) is 18.8 Å². The molecule has 0 spiro atoms. The largest absolute Gasteiger partial charge is 0.494 e. The van der Waals surface area contributed by atoms with Crippen molar-refractivity contribution in [3.63, 3.8) is 0 Å². The number of hydrogen-bond donors (Lipinski definition) is 3. The van der Waals surface area contributed by atoms with Gasteiger partial charge in [-0.15, -0.1) is 0 Å². The molecule has 0 fully saturated rings. The third kappa shape index (κ3) is 9.99. The summed E-state index contributed by atoms with van der Waals surface area (Å²) in [6.45, 7) is 4.91. The topological polar surface area (TPSA) is 148 Å². The molecule has 4 aliphatic heterocycles. The number of carbonyl (C=O) groups is 3. The van der Waals surface area contributed by atoms with Crippen molar-refractivity contribution in [2.24, 2.45) is 11.8 Å². The molecule has 0 saturated heterocycles. The average Bonchev–Trinajstić information content (AvgIpc) is 3.01. The third-order valence-electron chi connectivity index (χ3n) is 7.47. The molecule has 3 N–H and O–H groups in total.